The first kappa shape index (κ1) is 13.9. The largest absolute Gasteiger partial charge is 0.381 e. The molecule has 0 bridgehead atoms. The number of unbranched alkanes of at least 4 members (excludes halogenated alkanes) is 1. The van der Waals surface area contributed by atoms with E-state index in [4.69, 9.17) is 16.3 Å². The molecule has 1 aromatic heterocycles. The molecule has 0 saturated heterocycles. The predicted molar refractivity (Wildman–Crippen MR) is 69.2 cm³/mol. The van der Waals surface area contributed by atoms with Crippen LogP contribution in [0.5, 0.6) is 0 Å². The zero-order valence-electron chi connectivity index (χ0n) is 9.91. The molecule has 1 aromatic rings. The van der Waals surface area contributed by atoms with E-state index in [9.17, 15) is 0 Å². The second kappa shape index (κ2) is 7.98. The minimum Gasteiger partial charge on any atom is -0.381 e. The molecule has 0 spiro atoms. The summed E-state index contributed by atoms with van der Waals surface area (Å²) < 4.78 is 7.52. The van der Waals surface area contributed by atoms with Crippen LogP contribution in [0.4, 0.5) is 0 Å². The number of aromatic nitrogens is 2. The SMILES string of the molecule is CCCCOCCSc1ncc(CCl)n1C. The van der Waals surface area contributed by atoms with Gasteiger partial charge >= 0.3 is 0 Å². The Morgan fingerprint density at radius 2 is 2.31 bits per heavy atom. The fraction of sp³-hybridized carbons (Fsp3) is 0.727. The third-order valence-electron chi connectivity index (χ3n) is 2.28. The zero-order chi connectivity index (χ0) is 11.8. The van der Waals surface area contributed by atoms with Crippen molar-refractivity contribution in [3.05, 3.63) is 11.9 Å². The lowest BCUT2D eigenvalue weighted by atomic mass is 10.4. The molecular formula is C11H19ClN2OS. The van der Waals surface area contributed by atoms with Gasteiger partial charge in [0.15, 0.2) is 5.16 Å². The number of alkyl halides is 1. The van der Waals surface area contributed by atoms with E-state index in [1.165, 1.54) is 6.42 Å². The highest BCUT2D eigenvalue weighted by Gasteiger charge is 2.05. The molecule has 16 heavy (non-hydrogen) atoms. The molecule has 0 N–H and O–H groups in total. The van der Waals surface area contributed by atoms with E-state index >= 15 is 0 Å². The molecule has 1 rings (SSSR count). The first-order valence-corrected chi connectivity index (χ1v) is 7.08. The quantitative estimate of drug-likeness (QED) is 0.409. The minimum absolute atomic E-state index is 0.511. The Kier molecular flexibility index (Phi) is 6.92. The molecule has 0 fully saturated rings. The lowest BCUT2D eigenvalue weighted by Gasteiger charge is -2.04. The third-order valence-corrected chi connectivity index (χ3v) is 3.56. The number of nitrogens with zero attached hydrogens (tertiary/aromatic N) is 2. The summed E-state index contributed by atoms with van der Waals surface area (Å²) in [5, 5.41) is 1.01. The average molecular weight is 263 g/mol. The van der Waals surface area contributed by atoms with Crippen molar-refractivity contribution in [2.24, 2.45) is 7.05 Å². The van der Waals surface area contributed by atoms with Crippen LogP contribution in [0.2, 0.25) is 0 Å². The minimum atomic E-state index is 0.511. The standard InChI is InChI=1S/C11H19ClN2OS/c1-3-4-5-15-6-7-16-11-13-9-10(8-12)14(11)2/h9H,3-8H2,1-2H3. The smallest absolute Gasteiger partial charge is 0.168 e. The summed E-state index contributed by atoms with van der Waals surface area (Å²) in [7, 11) is 1.99. The highest BCUT2D eigenvalue weighted by Crippen LogP contribution is 2.17. The fourth-order valence-electron chi connectivity index (χ4n) is 1.22. The van der Waals surface area contributed by atoms with Gasteiger partial charge in [-0.05, 0) is 6.42 Å². The number of imidazole rings is 1. The van der Waals surface area contributed by atoms with E-state index in [-0.39, 0.29) is 0 Å². The molecule has 0 aliphatic heterocycles. The van der Waals surface area contributed by atoms with Gasteiger partial charge in [-0.2, -0.15) is 0 Å². The molecule has 0 aliphatic rings. The van der Waals surface area contributed by atoms with Crippen LogP contribution < -0.4 is 0 Å². The predicted octanol–water partition coefficient (Wildman–Crippen LogP) is 3.07. The van der Waals surface area contributed by atoms with E-state index in [2.05, 4.69) is 11.9 Å². The van der Waals surface area contributed by atoms with Crippen LogP contribution in [0, 0.1) is 0 Å². The molecule has 0 unspecified atom stereocenters. The van der Waals surface area contributed by atoms with Crippen molar-refractivity contribution in [3.8, 4) is 0 Å². The molecule has 0 atom stereocenters. The first-order valence-electron chi connectivity index (χ1n) is 5.56. The van der Waals surface area contributed by atoms with Crippen LogP contribution in [0.15, 0.2) is 11.4 Å². The summed E-state index contributed by atoms with van der Waals surface area (Å²) in [4.78, 5) is 4.31. The van der Waals surface area contributed by atoms with Crippen LogP contribution in [-0.2, 0) is 17.7 Å². The van der Waals surface area contributed by atoms with Gasteiger partial charge in [-0.25, -0.2) is 4.98 Å². The third kappa shape index (κ3) is 4.36. The molecule has 5 heteroatoms. The first-order chi connectivity index (χ1) is 7.79. The van der Waals surface area contributed by atoms with Crippen LogP contribution in [0.25, 0.3) is 0 Å². The number of ether oxygens (including phenoxy) is 1. The van der Waals surface area contributed by atoms with Gasteiger partial charge < -0.3 is 9.30 Å². The normalized spacial score (nSPS) is 10.9. The summed E-state index contributed by atoms with van der Waals surface area (Å²) in [5.74, 6) is 1.45. The van der Waals surface area contributed by atoms with E-state index < -0.39 is 0 Å². The Labute approximate surface area is 107 Å². The Morgan fingerprint density at radius 1 is 1.50 bits per heavy atom. The summed E-state index contributed by atoms with van der Waals surface area (Å²) in [5.41, 5.74) is 1.05. The second-order valence-corrected chi connectivity index (χ2v) is 4.87. The Morgan fingerprint density at radius 3 is 2.94 bits per heavy atom. The summed E-state index contributed by atoms with van der Waals surface area (Å²) >= 11 is 7.48. The number of thioether (sulfide) groups is 1. The molecule has 0 saturated carbocycles. The number of hydrogen-bond acceptors (Lipinski definition) is 3. The van der Waals surface area contributed by atoms with Crippen LogP contribution in [0.1, 0.15) is 25.5 Å². The van der Waals surface area contributed by atoms with Gasteiger partial charge in [0, 0.05) is 19.4 Å². The van der Waals surface area contributed by atoms with Gasteiger partial charge in [0.05, 0.1) is 24.4 Å². The molecule has 0 aliphatic carbocycles. The molecule has 92 valence electrons. The number of hydrogen-bond donors (Lipinski definition) is 0. The van der Waals surface area contributed by atoms with Crippen molar-refractivity contribution in [1.29, 1.82) is 0 Å². The van der Waals surface area contributed by atoms with E-state index in [0.29, 0.717) is 5.88 Å². The molecule has 0 amide bonds. The Bertz CT molecular complexity index is 304. The monoisotopic (exact) mass is 262 g/mol. The summed E-state index contributed by atoms with van der Waals surface area (Å²) in [6.45, 7) is 3.82. The molecular weight excluding hydrogens is 244 g/mol. The summed E-state index contributed by atoms with van der Waals surface area (Å²) in [6, 6.07) is 0. The molecule has 0 radical (unpaired) electrons. The van der Waals surface area contributed by atoms with Crippen molar-refractivity contribution in [1.82, 2.24) is 9.55 Å². The molecule has 3 nitrogen and oxygen atoms in total. The average Bonchev–Trinajstić information content (AvgIpc) is 2.65. The zero-order valence-corrected chi connectivity index (χ0v) is 11.5. The van der Waals surface area contributed by atoms with Gasteiger partial charge in [0.2, 0.25) is 0 Å². The highest BCUT2D eigenvalue weighted by atomic mass is 35.5. The van der Waals surface area contributed by atoms with Gasteiger partial charge in [0.1, 0.15) is 0 Å². The van der Waals surface area contributed by atoms with Crippen molar-refractivity contribution < 1.29 is 4.74 Å². The van der Waals surface area contributed by atoms with E-state index in [0.717, 1.165) is 36.2 Å². The lowest BCUT2D eigenvalue weighted by Crippen LogP contribution is -2.01. The maximum absolute atomic E-state index is 5.77. The van der Waals surface area contributed by atoms with Crippen molar-refractivity contribution in [2.75, 3.05) is 19.0 Å². The van der Waals surface area contributed by atoms with Crippen LogP contribution in [-0.4, -0.2) is 28.5 Å². The van der Waals surface area contributed by atoms with Crippen molar-refractivity contribution >= 4 is 23.4 Å². The molecule has 0 aromatic carbocycles. The van der Waals surface area contributed by atoms with Gasteiger partial charge in [-0.3, -0.25) is 0 Å². The summed E-state index contributed by atoms with van der Waals surface area (Å²) in [6.07, 6.45) is 4.16. The topological polar surface area (TPSA) is 27.1 Å². The Hall–Kier alpha value is -0.190. The van der Waals surface area contributed by atoms with Gasteiger partial charge in [0.25, 0.3) is 0 Å². The Balaban J connectivity index is 2.19. The second-order valence-electron chi connectivity index (χ2n) is 3.54. The van der Waals surface area contributed by atoms with E-state index in [1.807, 2.05) is 17.8 Å². The number of halogens is 1. The van der Waals surface area contributed by atoms with Crippen molar-refractivity contribution in [3.63, 3.8) is 0 Å². The highest BCUT2D eigenvalue weighted by molar-refractivity contribution is 7.99. The maximum atomic E-state index is 5.77. The lowest BCUT2D eigenvalue weighted by molar-refractivity contribution is 0.147. The van der Waals surface area contributed by atoms with Crippen LogP contribution in [0.3, 0.4) is 0 Å². The van der Waals surface area contributed by atoms with Crippen molar-refractivity contribution in [2.45, 2.75) is 30.8 Å². The van der Waals surface area contributed by atoms with E-state index in [1.54, 1.807) is 11.8 Å². The number of rotatable bonds is 8. The van der Waals surface area contributed by atoms with Gasteiger partial charge in [-0.15, -0.1) is 11.6 Å². The van der Waals surface area contributed by atoms with Gasteiger partial charge in [-0.1, -0.05) is 25.1 Å². The maximum Gasteiger partial charge on any atom is 0.168 e. The molecule has 1 heterocycles. The van der Waals surface area contributed by atoms with Crippen LogP contribution >= 0.6 is 23.4 Å². The fourth-order valence-corrected chi connectivity index (χ4v) is 2.29.